The lowest BCUT2D eigenvalue weighted by molar-refractivity contribution is 0.619. The summed E-state index contributed by atoms with van der Waals surface area (Å²) in [6.45, 7) is 3.95. The van der Waals surface area contributed by atoms with Crippen LogP contribution in [0.1, 0.15) is 28.4 Å². The second-order valence-electron chi connectivity index (χ2n) is 4.48. The maximum Gasteiger partial charge on any atom is 0.123 e. The van der Waals surface area contributed by atoms with E-state index < -0.39 is 0 Å². The van der Waals surface area contributed by atoms with Gasteiger partial charge < -0.3 is 5.32 Å². The van der Waals surface area contributed by atoms with Crippen molar-refractivity contribution < 1.29 is 4.39 Å². The van der Waals surface area contributed by atoms with E-state index in [1.807, 2.05) is 39.1 Å². The number of pyridine rings is 1. The minimum atomic E-state index is -0.205. The van der Waals surface area contributed by atoms with Crippen molar-refractivity contribution in [2.45, 2.75) is 19.9 Å². The zero-order valence-corrected chi connectivity index (χ0v) is 10.9. The molecule has 0 aliphatic rings. The van der Waals surface area contributed by atoms with Gasteiger partial charge >= 0.3 is 0 Å². The van der Waals surface area contributed by atoms with Gasteiger partial charge in [-0.25, -0.2) is 4.39 Å². The molecule has 3 heteroatoms. The Morgan fingerprint density at radius 3 is 2.56 bits per heavy atom. The summed E-state index contributed by atoms with van der Waals surface area (Å²) in [4.78, 5) is 4.39. The van der Waals surface area contributed by atoms with Crippen LogP contribution in [0.15, 0.2) is 36.5 Å². The molecule has 0 radical (unpaired) electrons. The Kier molecular flexibility index (Phi) is 3.72. The first-order chi connectivity index (χ1) is 8.61. The summed E-state index contributed by atoms with van der Waals surface area (Å²) in [5.74, 6) is -0.205. The topological polar surface area (TPSA) is 24.9 Å². The molecule has 1 heterocycles. The smallest absolute Gasteiger partial charge is 0.123 e. The Morgan fingerprint density at radius 2 is 1.94 bits per heavy atom. The zero-order chi connectivity index (χ0) is 13.1. The highest BCUT2D eigenvalue weighted by Gasteiger charge is 2.15. The molecule has 1 N–H and O–H groups in total. The van der Waals surface area contributed by atoms with Gasteiger partial charge in [-0.3, -0.25) is 4.98 Å². The third kappa shape index (κ3) is 2.57. The maximum atomic E-state index is 13.1. The first-order valence-electron chi connectivity index (χ1n) is 5.97. The zero-order valence-electron chi connectivity index (χ0n) is 10.9. The third-order valence-corrected chi connectivity index (χ3v) is 3.06. The summed E-state index contributed by atoms with van der Waals surface area (Å²) in [7, 11) is 1.89. The van der Waals surface area contributed by atoms with Crippen LogP contribution in [0, 0.1) is 19.7 Å². The van der Waals surface area contributed by atoms with Gasteiger partial charge in [0.05, 0.1) is 11.7 Å². The molecule has 0 aliphatic carbocycles. The lowest BCUT2D eigenvalue weighted by atomic mass is 9.97. The Labute approximate surface area is 107 Å². The van der Waals surface area contributed by atoms with Gasteiger partial charge in [0.2, 0.25) is 0 Å². The number of nitrogens with zero attached hydrogens (tertiary/aromatic N) is 1. The molecule has 0 spiro atoms. The number of halogens is 1. The van der Waals surface area contributed by atoms with Crippen LogP contribution in [0.25, 0.3) is 0 Å². The Bertz CT molecular complexity index is 552. The molecular weight excluding hydrogens is 227 g/mol. The summed E-state index contributed by atoms with van der Waals surface area (Å²) < 4.78 is 13.1. The van der Waals surface area contributed by atoms with Crippen molar-refractivity contribution in [3.05, 3.63) is 64.7 Å². The van der Waals surface area contributed by atoms with Crippen LogP contribution in [-0.2, 0) is 0 Å². The minimum absolute atomic E-state index is 0.00880. The quantitative estimate of drug-likeness (QED) is 0.897. The molecule has 0 saturated heterocycles. The van der Waals surface area contributed by atoms with E-state index in [0.29, 0.717) is 0 Å². The number of aromatic nitrogens is 1. The van der Waals surface area contributed by atoms with E-state index in [9.17, 15) is 4.39 Å². The SMILES string of the molecule is CNC(c1cc(C)ccn1)c1ccc(F)cc1C. The highest BCUT2D eigenvalue weighted by Crippen LogP contribution is 2.24. The lowest BCUT2D eigenvalue weighted by Gasteiger charge is -2.18. The van der Waals surface area contributed by atoms with Gasteiger partial charge in [0.1, 0.15) is 5.82 Å². The fourth-order valence-corrected chi connectivity index (χ4v) is 2.14. The van der Waals surface area contributed by atoms with Crippen LogP contribution < -0.4 is 5.32 Å². The van der Waals surface area contributed by atoms with Gasteiger partial charge in [-0.15, -0.1) is 0 Å². The van der Waals surface area contributed by atoms with Gasteiger partial charge in [-0.2, -0.15) is 0 Å². The van der Waals surface area contributed by atoms with Crippen molar-refractivity contribution in [2.75, 3.05) is 7.05 Å². The predicted octanol–water partition coefficient (Wildman–Crippen LogP) is 3.15. The normalized spacial score (nSPS) is 12.4. The average molecular weight is 244 g/mol. The number of hydrogen-bond donors (Lipinski definition) is 1. The Balaban J connectivity index is 2.45. The van der Waals surface area contributed by atoms with Gasteiger partial charge in [-0.1, -0.05) is 6.07 Å². The number of benzene rings is 1. The molecule has 0 fully saturated rings. The molecule has 94 valence electrons. The number of rotatable bonds is 3. The highest BCUT2D eigenvalue weighted by atomic mass is 19.1. The molecule has 0 aliphatic heterocycles. The number of aryl methyl sites for hydroxylation is 2. The summed E-state index contributed by atoms with van der Waals surface area (Å²) >= 11 is 0. The first kappa shape index (κ1) is 12.7. The van der Waals surface area contributed by atoms with Crippen molar-refractivity contribution in [2.24, 2.45) is 0 Å². The molecule has 2 rings (SSSR count). The van der Waals surface area contributed by atoms with Gasteiger partial charge in [-0.05, 0) is 61.9 Å². The Hall–Kier alpha value is -1.74. The van der Waals surface area contributed by atoms with Crippen LogP contribution in [0.2, 0.25) is 0 Å². The number of hydrogen-bond acceptors (Lipinski definition) is 2. The second kappa shape index (κ2) is 5.27. The van der Waals surface area contributed by atoms with Crippen molar-refractivity contribution in [1.29, 1.82) is 0 Å². The monoisotopic (exact) mass is 244 g/mol. The average Bonchev–Trinajstić information content (AvgIpc) is 2.33. The molecule has 0 saturated carbocycles. The Morgan fingerprint density at radius 1 is 1.17 bits per heavy atom. The first-order valence-corrected chi connectivity index (χ1v) is 5.97. The van der Waals surface area contributed by atoms with Crippen molar-refractivity contribution in [1.82, 2.24) is 10.3 Å². The van der Waals surface area contributed by atoms with Gasteiger partial charge in [0, 0.05) is 6.20 Å². The van der Waals surface area contributed by atoms with Crippen LogP contribution in [0.4, 0.5) is 4.39 Å². The molecule has 2 nitrogen and oxygen atoms in total. The molecule has 1 aromatic carbocycles. The molecule has 0 amide bonds. The van der Waals surface area contributed by atoms with E-state index in [1.165, 1.54) is 11.6 Å². The van der Waals surface area contributed by atoms with E-state index >= 15 is 0 Å². The molecule has 1 atom stereocenters. The number of nitrogens with one attached hydrogen (secondary N) is 1. The largest absolute Gasteiger partial charge is 0.308 e. The summed E-state index contributed by atoms with van der Waals surface area (Å²) in [5, 5.41) is 3.24. The minimum Gasteiger partial charge on any atom is -0.308 e. The van der Waals surface area contributed by atoms with Gasteiger partial charge in [0.15, 0.2) is 0 Å². The molecule has 1 unspecified atom stereocenters. The fourth-order valence-electron chi connectivity index (χ4n) is 2.14. The molecule has 2 aromatic rings. The van der Waals surface area contributed by atoms with Crippen molar-refractivity contribution >= 4 is 0 Å². The highest BCUT2D eigenvalue weighted by molar-refractivity contribution is 5.35. The van der Waals surface area contributed by atoms with E-state index in [2.05, 4.69) is 10.3 Å². The summed E-state index contributed by atoms with van der Waals surface area (Å²) in [6, 6.07) is 8.86. The van der Waals surface area contributed by atoms with Crippen LogP contribution in [0.3, 0.4) is 0 Å². The standard InChI is InChI=1S/C15H17FN2/c1-10-6-7-18-14(8-10)15(17-3)13-5-4-12(16)9-11(13)2/h4-9,15,17H,1-3H3. The van der Waals surface area contributed by atoms with Crippen molar-refractivity contribution in [3.8, 4) is 0 Å². The van der Waals surface area contributed by atoms with E-state index in [4.69, 9.17) is 0 Å². The predicted molar refractivity (Wildman–Crippen MR) is 71.0 cm³/mol. The van der Waals surface area contributed by atoms with Crippen molar-refractivity contribution in [3.63, 3.8) is 0 Å². The van der Waals surface area contributed by atoms with Crippen LogP contribution in [-0.4, -0.2) is 12.0 Å². The van der Waals surface area contributed by atoms with Crippen LogP contribution >= 0.6 is 0 Å². The van der Waals surface area contributed by atoms with E-state index in [-0.39, 0.29) is 11.9 Å². The molecule has 18 heavy (non-hydrogen) atoms. The molecular formula is C15H17FN2. The molecule has 0 bridgehead atoms. The lowest BCUT2D eigenvalue weighted by Crippen LogP contribution is -2.20. The maximum absolute atomic E-state index is 13.1. The second-order valence-corrected chi connectivity index (χ2v) is 4.48. The summed E-state index contributed by atoms with van der Waals surface area (Å²) in [5.41, 5.74) is 4.10. The fraction of sp³-hybridized carbons (Fsp3) is 0.267. The van der Waals surface area contributed by atoms with Crippen LogP contribution in [0.5, 0.6) is 0 Å². The van der Waals surface area contributed by atoms with E-state index in [0.717, 1.165) is 16.8 Å². The van der Waals surface area contributed by atoms with Gasteiger partial charge in [0.25, 0.3) is 0 Å². The third-order valence-electron chi connectivity index (χ3n) is 3.06. The molecule has 1 aromatic heterocycles. The summed E-state index contributed by atoms with van der Waals surface area (Å²) in [6.07, 6.45) is 1.80. The van der Waals surface area contributed by atoms with E-state index in [1.54, 1.807) is 12.3 Å².